The van der Waals surface area contributed by atoms with Gasteiger partial charge in [0.25, 0.3) is 0 Å². The molecule has 6 nitrogen and oxygen atoms in total. The maximum Gasteiger partial charge on any atom is 0.122 e. The molecule has 1 saturated heterocycles. The van der Waals surface area contributed by atoms with E-state index in [-0.39, 0.29) is 6.10 Å². The minimum Gasteiger partial charge on any atom is -0.372 e. The van der Waals surface area contributed by atoms with Crippen molar-refractivity contribution in [2.24, 2.45) is 14.1 Å². The number of nitrogens with zero attached hydrogens (tertiary/aromatic N) is 5. The first-order valence-corrected chi connectivity index (χ1v) is 8.07. The highest BCUT2D eigenvalue weighted by molar-refractivity contribution is 5.09. The largest absolute Gasteiger partial charge is 0.372 e. The topological polar surface area (TPSA) is 48.1 Å². The van der Waals surface area contributed by atoms with Crippen molar-refractivity contribution in [3.05, 3.63) is 48.8 Å². The van der Waals surface area contributed by atoms with Gasteiger partial charge < -0.3 is 9.30 Å². The highest BCUT2D eigenvalue weighted by Crippen LogP contribution is 2.26. The second-order valence-electron chi connectivity index (χ2n) is 6.17. The Kier molecular flexibility index (Phi) is 4.93. The van der Waals surface area contributed by atoms with Gasteiger partial charge in [0.05, 0.1) is 25.5 Å². The van der Waals surface area contributed by atoms with Crippen molar-refractivity contribution in [1.82, 2.24) is 24.2 Å². The highest BCUT2D eigenvalue weighted by Gasteiger charge is 2.35. The zero-order chi connectivity index (χ0) is 16.2. The number of imidazole rings is 1. The van der Waals surface area contributed by atoms with Crippen molar-refractivity contribution >= 4 is 0 Å². The van der Waals surface area contributed by atoms with Crippen LogP contribution in [0.4, 0.5) is 0 Å². The molecular weight excluding hydrogens is 290 g/mol. The van der Waals surface area contributed by atoms with Crippen molar-refractivity contribution in [3.63, 3.8) is 0 Å². The zero-order valence-electron chi connectivity index (χ0n) is 13.9. The first-order valence-electron chi connectivity index (χ1n) is 8.07. The number of hydrogen-bond donors (Lipinski definition) is 0. The van der Waals surface area contributed by atoms with Crippen molar-refractivity contribution < 1.29 is 4.74 Å². The summed E-state index contributed by atoms with van der Waals surface area (Å²) in [4.78, 5) is 6.94. The van der Waals surface area contributed by atoms with E-state index in [2.05, 4.69) is 32.3 Å². The predicted molar refractivity (Wildman–Crippen MR) is 88.9 cm³/mol. The molecule has 2 atom stereocenters. The fourth-order valence-corrected chi connectivity index (χ4v) is 3.28. The van der Waals surface area contributed by atoms with Gasteiger partial charge in [-0.15, -0.1) is 6.58 Å². The molecule has 0 radical (unpaired) electrons. The first kappa shape index (κ1) is 16.0. The molecule has 1 aliphatic rings. The molecule has 0 N–H and O–H groups in total. The molecule has 23 heavy (non-hydrogen) atoms. The van der Waals surface area contributed by atoms with Crippen molar-refractivity contribution in [3.8, 4) is 0 Å². The van der Waals surface area contributed by atoms with Crippen LogP contribution in [-0.4, -0.2) is 49.5 Å². The van der Waals surface area contributed by atoms with Crippen LogP contribution in [0.1, 0.15) is 17.8 Å². The van der Waals surface area contributed by atoms with Crippen LogP contribution in [0.3, 0.4) is 0 Å². The Morgan fingerprint density at radius 2 is 2.30 bits per heavy atom. The van der Waals surface area contributed by atoms with Gasteiger partial charge in [-0.3, -0.25) is 9.58 Å². The van der Waals surface area contributed by atoms with Gasteiger partial charge in [0.2, 0.25) is 0 Å². The Hall–Kier alpha value is -1.92. The molecule has 2 aromatic rings. The molecule has 124 valence electrons. The lowest BCUT2D eigenvalue weighted by Gasteiger charge is -2.27. The zero-order valence-corrected chi connectivity index (χ0v) is 13.9. The number of ether oxygens (including phenoxy) is 1. The Balaban J connectivity index is 1.73. The van der Waals surface area contributed by atoms with E-state index in [1.54, 1.807) is 0 Å². The van der Waals surface area contributed by atoms with Crippen LogP contribution in [0, 0.1) is 0 Å². The lowest BCUT2D eigenvalue weighted by molar-refractivity contribution is 0.0415. The molecule has 1 fully saturated rings. The average Bonchev–Trinajstić information content (AvgIpc) is 3.22. The molecule has 0 unspecified atom stereocenters. The van der Waals surface area contributed by atoms with Gasteiger partial charge in [0, 0.05) is 45.3 Å². The van der Waals surface area contributed by atoms with E-state index in [4.69, 9.17) is 4.74 Å². The summed E-state index contributed by atoms with van der Waals surface area (Å²) in [5.74, 6) is 1.09. The summed E-state index contributed by atoms with van der Waals surface area (Å²) in [6.07, 6.45) is 11.9. The molecule has 0 aromatic carbocycles. The predicted octanol–water partition coefficient (Wildman–Crippen LogP) is 1.54. The molecule has 0 bridgehead atoms. The molecule has 3 heterocycles. The second kappa shape index (κ2) is 7.10. The van der Waals surface area contributed by atoms with Gasteiger partial charge in [0.15, 0.2) is 0 Å². The van der Waals surface area contributed by atoms with Crippen LogP contribution in [0.25, 0.3) is 0 Å². The molecule has 0 aliphatic carbocycles. The van der Waals surface area contributed by atoms with Gasteiger partial charge in [0.1, 0.15) is 5.82 Å². The average molecular weight is 315 g/mol. The van der Waals surface area contributed by atoms with Gasteiger partial charge in [-0.1, -0.05) is 6.08 Å². The van der Waals surface area contributed by atoms with E-state index in [1.807, 2.05) is 43.4 Å². The van der Waals surface area contributed by atoms with Crippen molar-refractivity contribution in [1.29, 1.82) is 0 Å². The molecule has 0 amide bonds. The van der Waals surface area contributed by atoms with Crippen molar-refractivity contribution in [2.45, 2.75) is 31.5 Å². The Bertz CT molecular complexity index is 647. The Labute approximate surface area is 137 Å². The second-order valence-corrected chi connectivity index (χ2v) is 6.17. The number of aromatic nitrogens is 4. The third-order valence-electron chi connectivity index (χ3n) is 4.50. The van der Waals surface area contributed by atoms with Crippen LogP contribution < -0.4 is 0 Å². The molecule has 2 aromatic heterocycles. The van der Waals surface area contributed by atoms with Crippen LogP contribution >= 0.6 is 0 Å². The van der Waals surface area contributed by atoms with E-state index in [0.29, 0.717) is 12.6 Å². The lowest BCUT2D eigenvalue weighted by Crippen LogP contribution is -2.38. The fraction of sp³-hybridized carbons (Fsp3) is 0.529. The number of rotatable bonds is 7. The van der Waals surface area contributed by atoms with Gasteiger partial charge in [-0.25, -0.2) is 4.98 Å². The summed E-state index contributed by atoms with van der Waals surface area (Å²) in [6.45, 7) is 6.24. The molecule has 1 aliphatic heterocycles. The van der Waals surface area contributed by atoms with Crippen LogP contribution in [0.2, 0.25) is 0 Å². The third-order valence-corrected chi connectivity index (χ3v) is 4.50. The molecule has 3 rings (SSSR count). The number of likely N-dealkylation sites (tertiary alicyclic amines) is 1. The van der Waals surface area contributed by atoms with E-state index in [1.165, 1.54) is 5.56 Å². The van der Waals surface area contributed by atoms with Crippen LogP contribution in [0.15, 0.2) is 37.4 Å². The SMILES string of the molecule is C=CCO[C@@H]1CCN(Cc2nccn2C)[C@@H]1Cc1cnn(C)c1. The summed E-state index contributed by atoms with van der Waals surface area (Å²) >= 11 is 0. The minimum atomic E-state index is 0.230. The standard InChI is InChI=1S/C17H25N5O/c1-4-9-23-16-5-7-22(13-17-18-6-8-20(17)2)15(16)10-14-11-19-21(3)12-14/h4,6,8,11-12,15-16H,1,5,7,9-10,13H2,2-3H3/t15-,16-/m1/s1. The number of aryl methyl sites for hydroxylation is 2. The molecule has 0 spiro atoms. The monoisotopic (exact) mass is 315 g/mol. The van der Waals surface area contributed by atoms with Crippen LogP contribution in [-0.2, 0) is 31.8 Å². The number of hydrogen-bond acceptors (Lipinski definition) is 4. The third kappa shape index (κ3) is 3.71. The Morgan fingerprint density at radius 3 is 2.96 bits per heavy atom. The molecule has 0 saturated carbocycles. The maximum atomic E-state index is 6.01. The maximum absolute atomic E-state index is 6.01. The molecular formula is C17H25N5O. The summed E-state index contributed by atoms with van der Waals surface area (Å²) < 4.78 is 9.95. The van der Waals surface area contributed by atoms with Gasteiger partial charge in [-0.05, 0) is 18.4 Å². The summed E-state index contributed by atoms with van der Waals surface area (Å²) in [5, 5.41) is 4.29. The van der Waals surface area contributed by atoms with Crippen molar-refractivity contribution in [2.75, 3.05) is 13.2 Å². The minimum absolute atomic E-state index is 0.230. The highest BCUT2D eigenvalue weighted by atomic mass is 16.5. The Morgan fingerprint density at radius 1 is 1.43 bits per heavy atom. The van der Waals surface area contributed by atoms with E-state index >= 15 is 0 Å². The fourth-order valence-electron chi connectivity index (χ4n) is 3.28. The quantitative estimate of drug-likeness (QED) is 0.727. The van der Waals surface area contributed by atoms with Gasteiger partial charge >= 0.3 is 0 Å². The summed E-state index contributed by atoms with van der Waals surface area (Å²) in [7, 11) is 4.00. The van der Waals surface area contributed by atoms with E-state index in [9.17, 15) is 0 Å². The summed E-state index contributed by atoms with van der Waals surface area (Å²) in [5.41, 5.74) is 1.25. The molecule has 6 heteroatoms. The summed E-state index contributed by atoms with van der Waals surface area (Å²) in [6, 6.07) is 0.343. The smallest absolute Gasteiger partial charge is 0.122 e. The van der Waals surface area contributed by atoms with Gasteiger partial charge in [-0.2, -0.15) is 5.10 Å². The first-order chi connectivity index (χ1) is 11.2. The van der Waals surface area contributed by atoms with E-state index < -0.39 is 0 Å². The van der Waals surface area contributed by atoms with Crippen LogP contribution in [0.5, 0.6) is 0 Å². The van der Waals surface area contributed by atoms with E-state index in [0.717, 1.165) is 31.8 Å². The lowest BCUT2D eigenvalue weighted by atomic mass is 10.0. The normalized spacial score (nSPS) is 21.8.